The summed E-state index contributed by atoms with van der Waals surface area (Å²) in [5.41, 5.74) is 6.65. The maximum absolute atomic E-state index is 12.2. The van der Waals surface area contributed by atoms with Crippen molar-refractivity contribution in [3.05, 3.63) is 42.2 Å². The van der Waals surface area contributed by atoms with Crippen molar-refractivity contribution in [2.24, 2.45) is 5.73 Å². The fourth-order valence-corrected chi connectivity index (χ4v) is 3.65. The summed E-state index contributed by atoms with van der Waals surface area (Å²) in [6.07, 6.45) is 2.82. The van der Waals surface area contributed by atoms with Gasteiger partial charge in [0.15, 0.2) is 5.82 Å². The van der Waals surface area contributed by atoms with Gasteiger partial charge in [-0.15, -0.1) is 11.3 Å². The van der Waals surface area contributed by atoms with E-state index < -0.39 is 12.2 Å². The number of thiophene rings is 1. The van der Waals surface area contributed by atoms with Crippen LogP contribution in [0.15, 0.2) is 40.9 Å². The zero-order valence-corrected chi connectivity index (χ0v) is 13.9. The molecular formula is C17H15F2N3O2S. The number of benzene rings is 1. The van der Waals surface area contributed by atoms with Crippen molar-refractivity contribution in [3.63, 3.8) is 0 Å². The number of nitrogens with zero attached hydrogens (tertiary/aromatic N) is 2. The summed E-state index contributed by atoms with van der Waals surface area (Å²) < 4.78 is 34.1. The van der Waals surface area contributed by atoms with Crippen LogP contribution in [0.5, 0.6) is 5.75 Å². The predicted octanol–water partition coefficient (Wildman–Crippen LogP) is 4.40. The molecular weight excluding hydrogens is 348 g/mol. The van der Waals surface area contributed by atoms with Gasteiger partial charge in [0, 0.05) is 4.88 Å². The van der Waals surface area contributed by atoms with E-state index in [0.717, 1.165) is 34.6 Å². The molecule has 2 aromatic heterocycles. The van der Waals surface area contributed by atoms with Crippen molar-refractivity contribution in [2.75, 3.05) is 0 Å². The van der Waals surface area contributed by atoms with Gasteiger partial charge in [-0.1, -0.05) is 5.16 Å². The minimum absolute atomic E-state index is 0.130. The van der Waals surface area contributed by atoms with Gasteiger partial charge in [-0.25, -0.2) is 0 Å². The van der Waals surface area contributed by atoms with Crippen LogP contribution in [0.25, 0.3) is 21.2 Å². The number of hydrogen-bond donors (Lipinski definition) is 1. The molecule has 2 N–H and O–H groups in total. The summed E-state index contributed by atoms with van der Waals surface area (Å²) in [6, 6.07) is 10.3. The Morgan fingerprint density at radius 2 is 1.84 bits per heavy atom. The SMILES string of the molecule is NC1(c2noc(-c3ccc(-c4ccc(OC(F)F)cc4)s3)n2)CCC1. The molecule has 0 radical (unpaired) electrons. The van der Waals surface area contributed by atoms with E-state index in [1.165, 1.54) is 23.5 Å². The summed E-state index contributed by atoms with van der Waals surface area (Å²) >= 11 is 1.48. The first kappa shape index (κ1) is 16.2. The standard InChI is InChI=1S/C17H15F2N3O2S/c18-16(19)23-11-4-2-10(3-5-11)12-6-7-13(25-12)14-21-15(22-24-14)17(20)8-1-9-17/h2-7,16H,1,8-9,20H2. The largest absolute Gasteiger partial charge is 0.435 e. The van der Waals surface area contributed by atoms with Crippen LogP contribution >= 0.6 is 11.3 Å². The second-order valence-corrected chi connectivity index (χ2v) is 7.08. The fraction of sp³-hybridized carbons (Fsp3) is 0.294. The highest BCUT2D eigenvalue weighted by atomic mass is 32.1. The van der Waals surface area contributed by atoms with E-state index >= 15 is 0 Å². The molecule has 0 bridgehead atoms. The van der Waals surface area contributed by atoms with Crippen molar-refractivity contribution in [2.45, 2.75) is 31.4 Å². The third-order valence-corrected chi connectivity index (χ3v) is 5.42. The van der Waals surface area contributed by atoms with Crippen LogP contribution in [0.3, 0.4) is 0 Å². The molecule has 1 fully saturated rings. The lowest BCUT2D eigenvalue weighted by molar-refractivity contribution is -0.0498. The van der Waals surface area contributed by atoms with Gasteiger partial charge in [0.25, 0.3) is 5.89 Å². The van der Waals surface area contributed by atoms with Gasteiger partial charge in [-0.2, -0.15) is 13.8 Å². The normalized spacial score (nSPS) is 16.0. The van der Waals surface area contributed by atoms with E-state index in [1.807, 2.05) is 12.1 Å². The fourth-order valence-electron chi connectivity index (χ4n) is 2.72. The first-order valence-electron chi connectivity index (χ1n) is 7.82. The van der Waals surface area contributed by atoms with E-state index in [4.69, 9.17) is 10.3 Å². The molecule has 0 unspecified atom stereocenters. The molecule has 0 spiro atoms. The number of halogens is 2. The minimum atomic E-state index is -2.83. The van der Waals surface area contributed by atoms with Crippen LogP contribution < -0.4 is 10.5 Å². The number of ether oxygens (including phenoxy) is 1. The van der Waals surface area contributed by atoms with Crippen LogP contribution in [-0.2, 0) is 5.54 Å². The van der Waals surface area contributed by atoms with Gasteiger partial charge in [0.2, 0.25) is 0 Å². The second-order valence-electron chi connectivity index (χ2n) is 6.00. The van der Waals surface area contributed by atoms with Crippen molar-refractivity contribution in [3.8, 4) is 27.0 Å². The molecule has 0 aliphatic heterocycles. The van der Waals surface area contributed by atoms with E-state index in [2.05, 4.69) is 14.9 Å². The molecule has 5 nitrogen and oxygen atoms in total. The van der Waals surface area contributed by atoms with E-state index in [0.29, 0.717) is 11.7 Å². The minimum Gasteiger partial charge on any atom is -0.435 e. The second kappa shape index (κ2) is 6.20. The number of nitrogens with two attached hydrogens (primary N) is 1. The average Bonchev–Trinajstić information content (AvgIpc) is 3.22. The molecule has 1 aliphatic carbocycles. The Labute approximate surface area is 146 Å². The third kappa shape index (κ3) is 3.14. The number of rotatable bonds is 5. The van der Waals surface area contributed by atoms with Gasteiger partial charge in [0.1, 0.15) is 5.75 Å². The zero-order chi connectivity index (χ0) is 17.4. The Hall–Kier alpha value is -2.32. The van der Waals surface area contributed by atoms with Crippen molar-refractivity contribution < 1.29 is 18.0 Å². The number of alkyl halides is 2. The van der Waals surface area contributed by atoms with Crippen LogP contribution in [0.2, 0.25) is 0 Å². The highest BCUT2D eigenvalue weighted by Crippen LogP contribution is 2.39. The lowest BCUT2D eigenvalue weighted by Gasteiger charge is -2.34. The molecule has 1 saturated carbocycles. The smallest absolute Gasteiger partial charge is 0.387 e. The third-order valence-electron chi connectivity index (χ3n) is 4.30. The Bertz CT molecular complexity index is 872. The monoisotopic (exact) mass is 363 g/mol. The molecule has 8 heteroatoms. The topological polar surface area (TPSA) is 74.2 Å². The maximum Gasteiger partial charge on any atom is 0.387 e. The Kier molecular flexibility index (Phi) is 4.01. The van der Waals surface area contributed by atoms with Gasteiger partial charge in [-0.05, 0) is 61.2 Å². The van der Waals surface area contributed by atoms with Gasteiger partial charge < -0.3 is 15.0 Å². The molecule has 1 aromatic carbocycles. The Balaban J connectivity index is 1.54. The molecule has 130 valence electrons. The van der Waals surface area contributed by atoms with E-state index in [-0.39, 0.29) is 5.75 Å². The van der Waals surface area contributed by atoms with Crippen molar-refractivity contribution in [1.29, 1.82) is 0 Å². The summed E-state index contributed by atoms with van der Waals surface area (Å²) in [4.78, 5) is 6.23. The predicted molar refractivity (Wildman–Crippen MR) is 89.4 cm³/mol. The Morgan fingerprint density at radius 1 is 1.12 bits per heavy atom. The molecule has 0 atom stereocenters. The summed E-state index contributed by atoms with van der Waals surface area (Å²) in [5, 5.41) is 4.02. The molecule has 2 heterocycles. The molecule has 4 rings (SSSR count). The lowest BCUT2D eigenvalue weighted by Crippen LogP contribution is -2.44. The highest BCUT2D eigenvalue weighted by Gasteiger charge is 2.39. The van der Waals surface area contributed by atoms with Crippen LogP contribution in [-0.4, -0.2) is 16.8 Å². The van der Waals surface area contributed by atoms with E-state index in [1.54, 1.807) is 12.1 Å². The van der Waals surface area contributed by atoms with E-state index in [9.17, 15) is 8.78 Å². The first-order chi connectivity index (χ1) is 12.0. The van der Waals surface area contributed by atoms with Gasteiger partial charge in [0.05, 0.1) is 10.4 Å². The first-order valence-corrected chi connectivity index (χ1v) is 8.64. The number of aromatic nitrogens is 2. The zero-order valence-electron chi connectivity index (χ0n) is 13.1. The molecule has 0 amide bonds. The van der Waals surface area contributed by atoms with Crippen LogP contribution in [0.4, 0.5) is 8.78 Å². The van der Waals surface area contributed by atoms with Crippen molar-refractivity contribution >= 4 is 11.3 Å². The molecule has 0 saturated heterocycles. The van der Waals surface area contributed by atoms with Crippen molar-refractivity contribution in [1.82, 2.24) is 10.1 Å². The van der Waals surface area contributed by atoms with Gasteiger partial charge in [-0.3, -0.25) is 0 Å². The molecule has 25 heavy (non-hydrogen) atoms. The summed E-state index contributed by atoms with van der Waals surface area (Å²) in [5.74, 6) is 1.13. The quantitative estimate of drug-likeness (QED) is 0.727. The van der Waals surface area contributed by atoms with Crippen LogP contribution in [0, 0.1) is 0 Å². The summed E-state index contributed by atoms with van der Waals surface area (Å²) in [6.45, 7) is -2.83. The molecule has 3 aromatic rings. The maximum atomic E-state index is 12.2. The lowest BCUT2D eigenvalue weighted by atomic mass is 9.77. The number of hydrogen-bond acceptors (Lipinski definition) is 6. The van der Waals surface area contributed by atoms with Gasteiger partial charge >= 0.3 is 6.61 Å². The Morgan fingerprint density at radius 3 is 2.48 bits per heavy atom. The average molecular weight is 363 g/mol. The molecule has 1 aliphatic rings. The highest BCUT2D eigenvalue weighted by molar-refractivity contribution is 7.18. The summed E-state index contributed by atoms with van der Waals surface area (Å²) in [7, 11) is 0. The van der Waals surface area contributed by atoms with Crippen LogP contribution in [0.1, 0.15) is 25.1 Å².